The van der Waals surface area contributed by atoms with Crippen molar-refractivity contribution in [3.8, 4) is 0 Å². The van der Waals surface area contributed by atoms with E-state index in [1.165, 1.54) is 0 Å². The minimum Gasteiger partial charge on any atom is -0.330 e. The lowest BCUT2D eigenvalue weighted by Gasteiger charge is -1.97. The Morgan fingerprint density at radius 1 is 1.42 bits per heavy atom. The lowest BCUT2D eigenvalue weighted by Crippen LogP contribution is -2.01. The van der Waals surface area contributed by atoms with Crippen molar-refractivity contribution in [1.82, 2.24) is 4.98 Å². The molecule has 2 N–H and O–H groups in total. The molecule has 0 aliphatic carbocycles. The van der Waals surface area contributed by atoms with Gasteiger partial charge in [-0.1, -0.05) is 6.07 Å². The quantitative estimate of drug-likeness (QED) is 0.836. The fraction of sp³-hybridized carbons (Fsp3) is 0.375. The number of nitrogens with zero attached hydrogens (tertiary/aromatic N) is 1. The monoisotopic (exact) mass is 250 g/mol. The summed E-state index contributed by atoms with van der Waals surface area (Å²) in [4.78, 5) is 4.27. The first-order chi connectivity index (χ1) is 5.33. The summed E-state index contributed by atoms with van der Waals surface area (Å²) in [6, 6.07) is 5.93. The van der Waals surface area contributed by atoms with E-state index in [0.717, 1.165) is 29.7 Å². The molecule has 0 atom stereocenters. The van der Waals surface area contributed by atoms with Gasteiger partial charge in [0, 0.05) is 5.69 Å². The Kier molecular flexibility index (Phi) is 6.34. The van der Waals surface area contributed by atoms with E-state index in [0.29, 0.717) is 0 Å². The van der Waals surface area contributed by atoms with Crippen molar-refractivity contribution in [3.63, 3.8) is 0 Å². The largest absolute Gasteiger partial charge is 0.330 e. The third kappa shape index (κ3) is 4.04. The van der Waals surface area contributed by atoms with Crippen LogP contribution in [0.25, 0.3) is 0 Å². The van der Waals surface area contributed by atoms with Gasteiger partial charge in [-0.05, 0) is 47.4 Å². The maximum atomic E-state index is 5.37. The Balaban J connectivity index is 0.00000121. The summed E-state index contributed by atoms with van der Waals surface area (Å²) in [6.45, 7) is 0.730. The highest BCUT2D eigenvalue weighted by molar-refractivity contribution is 9.10. The van der Waals surface area contributed by atoms with Crippen LogP contribution in [-0.4, -0.2) is 11.5 Å². The van der Waals surface area contributed by atoms with Gasteiger partial charge in [-0.25, -0.2) is 4.98 Å². The van der Waals surface area contributed by atoms with Gasteiger partial charge in [0.15, 0.2) is 0 Å². The molecule has 0 saturated carbocycles. The van der Waals surface area contributed by atoms with Gasteiger partial charge in [0.2, 0.25) is 0 Å². The zero-order valence-corrected chi connectivity index (χ0v) is 9.07. The third-order valence-electron chi connectivity index (χ3n) is 1.41. The van der Waals surface area contributed by atoms with Crippen molar-refractivity contribution in [1.29, 1.82) is 0 Å². The summed E-state index contributed by atoms with van der Waals surface area (Å²) in [5.74, 6) is 0. The fourth-order valence-electron chi connectivity index (χ4n) is 0.873. The molecule has 1 heterocycles. The summed E-state index contributed by atoms with van der Waals surface area (Å²) in [7, 11) is 0. The Labute approximate surface area is 87.1 Å². The molecular formula is C8H12BrClN2. The molecule has 68 valence electrons. The number of nitrogens with two attached hydrogens (primary N) is 1. The Bertz CT molecular complexity index is 230. The molecule has 0 fully saturated rings. The van der Waals surface area contributed by atoms with Crippen LogP contribution in [0.3, 0.4) is 0 Å². The SMILES string of the molecule is Cl.NCCCc1cccc(Br)n1. The van der Waals surface area contributed by atoms with Gasteiger partial charge in [-0.15, -0.1) is 12.4 Å². The van der Waals surface area contributed by atoms with Crippen LogP contribution in [0, 0.1) is 0 Å². The molecule has 0 aromatic carbocycles. The van der Waals surface area contributed by atoms with Crippen LogP contribution in [0.5, 0.6) is 0 Å². The summed E-state index contributed by atoms with van der Waals surface area (Å²) < 4.78 is 0.895. The van der Waals surface area contributed by atoms with E-state index >= 15 is 0 Å². The van der Waals surface area contributed by atoms with Crippen LogP contribution in [0.15, 0.2) is 22.8 Å². The van der Waals surface area contributed by atoms with E-state index in [2.05, 4.69) is 20.9 Å². The molecule has 4 heteroatoms. The maximum absolute atomic E-state index is 5.37. The Hall–Kier alpha value is -0.120. The molecule has 1 aromatic rings. The third-order valence-corrected chi connectivity index (χ3v) is 1.85. The molecule has 0 bridgehead atoms. The molecule has 2 nitrogen and oxygen atoms in total. The molecule has 1 aromatic heterocycles. The van der Waals surface area contributed by atoms with Crippen molar-refractivity contribution in [3.05, 3.63) is 28.5 Å². The average molecular weight is 252 g/mol. The second-order valence-corrected chi connectivity index (χ2v) is 3.16. The van der Waals surface area contributed by atoms with E-state index in [1.807, 2.05) is 18.2 Å². The molecule has 0 aliphatic rings. The number of halogens is 2. The van der Waals surface area contributed by atoms with Crippen LogP contribution in [-0.2, 0) is 6.42 Å². The number of hydrogen-bond donors (Lipinski definition) is 1. The lowest BCUT2D eigenvalue weighted by atomic mass is 10.2. The molecule has 1 rings (SSSR count). The van der Waals surface area contributed by atoms with Crippen molar-refractivity contribution in [2.75, 3.05) is 6.54 Å². The van der Waals surface area contributed by atoms with Crippen LogP contribution < -0.4 is 5.73 Å². The fourth-order valence-corrected chi connectivity index (χ4v) is 1.25. The first-order valence-corrected chi connectivity index (χ1v) is 4.44. The highest BCUT2D eigenvalue weighted by atomic mass is 79.9. The molecule has 0 spiro atoms. The number of aryl methyl sites for hydroxylation is 1. The number of aromatic nitrogens is 1. The maximum Gasteiger partial charge on any atom is 0.106 e. The van der Waals surface area contributed by atoms with Crippen molar-refractivity contribution in [2.45, 2.75) is 12.8 Å². The van der Waals surface area contributed by atoms with E-state index in [-0.39, 0.29) is 12.4 Å². The topological polar surface area (TPSA) is 38.9 Å². The van der Waals surface area contributed by atoms with Crippen molar-refractivity contribution >= 4 is 28.3 Å². The highest BCUT2D eigenvalue weighted by Crippen LogP contribution is 2.07. The van der Waals surface area contributed by atoms with Crippen LogP contribution in [0.1, 0.15) is 12.1 Å². The molecule has 0 amide bonds. The Morgan fingerprint density at radius 2 is 2.17 bits per heavy atom. The molecule has 12 heavy (non-hydrogen) atoms. The smallest absolute Gasteiger partial charge is 0.106 e. The second kappa shape index (κ2) is 6.40. The summed E-state index contributed by atoms with van der Waals surface area (Å²) in [5, 5.41) is 0. The predicted octanol–water partition coefficient (Wildman–Crippen LogP) is 2.16. The molecule has 0 unspecified atom stereocenters. The van der Waals surface area contributed by atoms with Gasteiger partial charge >= 0.3 is 0 Å². The van der Waals surface area contributed by atoms with Gasteiger partial charge in [-0.3, -0.25) is 0 Å². The van der Waals surface area contributed by atoms with E-state index in [4.69, 9.17) is 5.73 Å². The zero-order chi connectivity index (χ0) is 8.10. The van der Waals surface area contributed by atoms with Crippen LogP contribution >= 0.6 is 28.3 Å². The minimum atomic E-state index is 0. The van der Waals surface area contributed by atoms with E-state index < -0.39 is 0 Å². The van der Waals surface area contributed by atoms with Crippen LogP contribution in [0.4, 0.5) is 0 Å². The summed E-state index contributed by atoms with van der Waals surface area (Å²) >= 11 is 3.31. The first kappa shape index (κ1) is 11.9. The van der Waals surface area contributed by atoms with Crippen LogP contribution in [0.2, 0.25) is 0 Å². The van der Waals surface area contributed by atoms with Gasteiger partial charge in [0.1, 0.15) is 4.60 Å². The number of hydrogen-bond acceptors (Lipinski definition) is 2. The normalized spacial score (nSPS) is 9.17. The van der Waals surface area contributed by atoms with Gasteiger partial charge < -0.3 is 5.73 Å². The molecule has 0 saturated heterocycles. The predicted molar refractivity (Wildman–Crippen MR) is 56.6 cm³/mol. The molecule has 0 radical (unpaired) electrons. The minimum absolute atomic E-state index is 0. The molecular weight excluding hydrogens is 239 g/mol. The first-order valence-electron chi connectivity index (χ1n) is 3.64. The average Bonchev–Trinajstić information content (AvgIpc) is 2.01. The van der Waals surface area contributed by atoms with Gasteiger partial charge in [0.05, 0.1) is 0 Å². The van der Waals surface area contributed by atoms with E-state index in [1.54, 1.807) is 0 Å². The molecule has 0 aliphatic heterocycles. The standard InChI is InChI=1S/C8H11BrN2.ClH/c9-8-5-1-3-7(11-8)4-2-6-10;/h1,3,5H,2,4,6,10H2;1H. The van der Waals surface area contributed by atoms with E-state index in [9.17, 15) is 0 Å². The van der Waals surface area contributed by atoms with Crippen molar-refractivity contribution < 1.29 is 0 Å². The number of pyridine rings is 1. The van der Waals surface area contributed by atoms with Gasteiger partial charge in [-0.2, -0.15) is 0 Å². The second-order valence-electron chi connectivity index (χ2n) is 2.34. The summed E-state index contributed by atoms with van der Waals surface area (Å²) in [6.07, 6.45) is 1.97. The highest BCUT2D eigenvalue weighted by Gasteiger charge is 1.93. The zero-order valence-electron chi connectivity index (χ0n) is 6.66. The Morgan fingerprint density at radius 3 is 2.75 bits per heavy atom. The lowest BCUT2D eigenvalue weighted by molar-refractivity contribution is 0.808. The van der Waals surface area contributed by atoms with Crippen molar-refractivity contribution in [2.24, 2.45) is 5.73 Å². The van der Waals surface area contributed by atoms with Gasteiger partial charge in [0.25, 0.3) is 0 Å². The number of rotatable bonds is 3. The summed E-state index contributed by atoms with van der Waals surface area (Å²) in [5.41, 5.74) is 6.48.